The van der Waals surface area contributed by atoms with E-state index in [9.17, 15) is 9.90 Å². The Hall–Kier alpha value is -1.55. The maximum atomic E-state index is 11.4. The molecule has 2 N–H and O–H groups in total. The summed E-state index contributed by atoms with van der Waals surface area (Å²) < 4.78 is 0. The van der Waals surface area contributed by atoms with Gasteiger partial charge in [0, 0.05) is 19.8 Å². The lowest BCUT2D eigenvalue weighted by Crippen LogP contribution is -2.27. The third kappa shape index (κ3) is 3.24. The van der Waals surface area contributed by atoms with Gasteiger partial charge in [0.2, 0.25) is 0 Å². The van der Waals surface area contributed by atoms with E-state index < -0.39 is 5.60 Å². The third-order valence-corrected chi connectivity index (χ3v) is 2.25. The number of anilines is 1. The number of benzene rings is 1. The van der Waals surface area contributed by atoms with Crippen LogP contribution in [0.5, 0.6) is 0 Å². The molecule has 0 aromatic heterocycles. The van der Waals surface area contributed by atoms with E-state index >= 15 is 0 Å². The Labute approximate surface area is 95.9 Å². The summed E-state index contributed by atoms with van der Waals surface area (Å²) in [7, 11) is 3.36. The van der Waals surface area contributed by atoms with Crippen LogP contribution in [0, 0.1) is 0 Å². The number of nitrogens with one attached hydrogen (secondary N) is 1. The van der Waals surface area contributed by atoms with Crippen molar-refractivity contribution in [2.24, 2.45) is 0 Å². The van der Waals surface area contributed by atoms with Crippen molar-refractivity contribution in [3.8, 4) is 0 Å². The molecule has 1 aromatic rings. The predicted molar refractivity (Wildman–Crippen MR) is 64.4 cm³/mol. The van der Waals surface area contributed by atoms with Crippen molar-refractivity contribution in [3.05, 3.63) is 29.8 Å². The normalized spacial score (nSPS) is 11.1. The van der Waals surface area contributed by atoms with E-state index in [0.29, 0.717) is 5.69 Å². The second kappa shape index (κ2) is 4.53. The van der Waals surface area contributed by atoms with E-state index in [2.05, 4.69) is 5.32 Å². The van der Waals surface area contributed by atoms with Crippen LogP contribution in [0.3, 0.4) is 0 Å². The van der Waals surface area contributed by atoms with Crippen LogP contribution >= 0.6 is 0 Å². The van der Waals surface area contributed by atoms with Gasteiger partial charge in [0.25, 0.3) is 0 Å². The molecular weight excluding hydrogens is 204 g/mol. The largest absolute Gasteiger partial charge is 0.386 e. The van der Waals surface area contributed by atoms with Gasteiger partial charge in [-0.3, -0.25) is 0 Å². The summed E-state index contributed by atoms with van der Waals surface area (Å²) in [5.74, 6) is 0. The Morgan fingerprint density at radius 3 is 2.12 bits per heavy atom. The first-order chi connectivity index (χ1) is 7.30. The average Bonchev–Trinajstić information content (AvgIpc) is 2.17. The molecule has 0 spiro atoms. The van der Waals surface area contributed by atoms with Crippen molar-refractivity contribution in [2.45, 2.75) is 19.4 Å². The number of rotatable bonds is 2. The number of carbonyl (C=O) groups is 1. The zero-order valence-electron chi connectivity index (χ0n) is 10.1. The monoisotopic (exact) mass is 222 g/mol. The van der Waals surface area contributed by atoms with E-state index in [0.717, 1.165) is 5.56 Å². The fourth-order valence-corrected chi connectivity index (χ4v) is 1.20. The van der Waals surface area contributed by atoms with Crippen LogP contribution in [0.1, 0.15) is 19.4 Å². The summed E-state index contributed by atoms with van der Waals surface area (Å²) in [6, 6.07) is 6.97. The van der Waals surface area contributed by atoms with Crippen molar-refractivity contribution in [1.29, 1.82) is 0 Å². The number of nitrogens with zero attached hydrogens (tertiary/aromatic N) is 1. The molecule has 0 aliphatic heterocycles. The minimum atomic E-state index is -0.857. The van der Waals surface area contributed by atoms with Crippen LogP contribution in [0.15, 0.2) is 24.3 Å². The lowest BCUT2D eigenvalue weighted by molar-refractivity contribution is 0.0786. The Bertz CT molecular complexity index is 364. The van der Waals surface area contributed by atoms with Crippen molar-refractivity contribution >= 4 is 11.7 Å². The van der Waals surface area contributed by atoms with Crippen LogP contribution in [-0.4, -0.2) is 30.1 Å². The highest BCUT2D eigenvalue weighted by Gasteiger charge is 2.15. The van der Waals surface area contributed by atoms with Gasteiger partial charge in [-0.15, -0.1) is 0 Å². The zero-order chi connectivity index (χ0) is 12.3. The van der Waals surface area contributed by atoms with Crippen LogP contribution in [0.4, 0.5) is 10.5 Å². The van der Waals surface area contributed by atoms with Gasteiger partial charge in [-0.1, -0.05) is 12.1 Å². The second-order valence-corrected chi connectivity index (χ2v) is 4.46. The van der Waals surface area contributed by atoms with Crippen LogP contribution in [-0.2, 0) is 5.60 Å². The SMILES string of the molecule is CN(C)C(=O)Nc1ccc(C(C)(C)O)cc1. The molecule has 0 fully saturated rings. The summed E-state index contributed by atoms with van der Waals surface area (Å²) >= 11 is 0. The Morgan fingerprint density at radius 1 is 1.25 bits per heavy atom. The van der Waals surface area contributed by atoms with Crippen molar-refractivity contribution in [3.63, 3.8) is 0 Å². The van der Waals surface area contributed by atoms with Crippen LogP contribution in [0.2, 0.25) is 0 Å². The molecule has 0 heterocycles. The number of hydrogen-bond acceptors (Lipinski definition) is 2. The highest BCUT2D eigenvalue weighted by atomic mass is 16.3. The van der Waals surface area contributed by atoms with Crippen molar-refractivity contribution in [2.75, 3.05) is 19.4 Å². The first-order valence-electron chi connectivity index (χ1n) is 5.12. The minimum absolute atomic E-state index is 0.170. The first kappa shape index (κ1) is 12.5. The maximum absolute atomic E-state index is 11.4. The molecule has 1 aromatic carbocycles. The molecular formula is C12H18N2O2. The molecule has 1 rings (SSSR count). The van der Waals surface area contributed by atoms with Gasteiger partial charge in [0.05, 0.1) is 5.60 Å². The molecule has 0 bridgehead atoms. The van der Waals surface area contributed by atoms with Gasteiger partial charge in [-0.05, 0) is 31.5 Å². The van der Waals surface area contributed by atoms with Gasteiger partial charge < -0.3 is 15.3 Å². The van der Waals surface area contributed by atoms with E-state index in [-0.39, 0.29) is 6.03 Å². The molecule has 0 saturated carbocycles. The van der Waals surface area contributed by atoms with Gasteiger partial charge in [-0.25, -0.2) is 4.79 Å². The molecule has 4 nitrogen and oxygen atoms in total. The lowest BCUT2D eigenvalue weighted by atomic mass is 9.98. The molecule has 2 amide bonds. The highest BCUT2D eigenvalue weighted by Crippen LogP contribution is 2.21. The van der Waals surface area contributed by atoms with Crippen molar-refractivity contribution in [1.82, 2.24) is 4.90 Å². The van der Waals surface area contributed by atoms with E-state index in [1.807, 2.05) is 0 Å². The van der Waals surface area contributed by atoms with Crippen molar-refractivity contribution < 1.29 is 9.90 Å². The van der Waals surface area contributed by atoms with Gasteiger partial charge in [-0.2, -0.15) is 0 Å². The molecule has 0 radical (unpaired) electrons. The maximum Gasteiger partial charge on any atom is 0.321 e. The number of hydrogen-bond donors (Lipinski definition) is 2. The van der Waals surface area contributed by atoms with E-state index in [1.54, 1.807) is 52.2 Å². The Balaban J connectivity index is 2.76. The smallest absolute Gasteiger partial charge is 0.321 e. The standard InChI is InChI=1S/C12H18N2O2/c1-12(2,16)9-5-7-10(8-6-9)13-11(15)14(3)4/h5-8,16H,1-4H3,(H,13,15). The zero-order valence-corrected chi connectivity index (χ0v) is 10.1. The summed E-state index contributed by atoms with van der Waals surface area (Å²) in [4.78, 5) is 12.8. The average molecular weight is 222 g/mol. The first-order valence-corrected chi connectivity index (χ1v) is 5.12. The molecule has 88 valence electrons. The summed E-state index contributed by atoms with van der Waals surface area (Å²) in [6.07, 6.45) is 0. The number of urea groups is 1. The summed E-state index contributed by atoms with van der Waals surface area (Å²) in [5.41, 5.74) is 0.673. The molecule has 0 unspecified atom stereocenters. The Kier molecular flexibility index (Phi) is 3.55. The van der Waals surface area contributed by atoms with Crippen LogP contribution in [0.25, 0.3) is 0 Å². The van der Waals surface area contributed by atoms with Gasteiger partial charge in [0.1, 0.15) is 0 Å². The van der Waals surface area contributed by atoms with Crippen LogP contribution < -0.4 is 5.32 Å². The Morgan fingerprint density at radius 2 is 1.75 bits per heavy atom. The molecule has 4 heteroatoms. The molecule has 0 aliphatic rings. The lowest BCUT2D eigenvalue weighted by Gasteiger charge is -2.18. The number of carbonyl (C=O) groups excluding carboxylic acids is 1. The molecule has 0 aliphatic carbocycles. The van der Waals surface area contributed by atoms with E-state index in [1.165, 1.54) is 4.90 Å². The number of amides is 2. The second-order valence-electron chi connectivity index (χ2n) is 4.46. The predicted octanol–water partition coefficient (Wildman–Crippen LogP) is 2.01. The minimum Gasteiger partial charge on any atom is -0.386 e. The summed E-state index contributed by atoms with van der Waals surface area (Å²) in [6.45, 7) is 3.45. The molecule has 16 heavy (non-hydrogen) atoms. The number of aliphatic hydroxyl groups is 1. The highest BCUT2D eigenvalue weighted by molar-refractivity contribution is 5.88. The van der Waals surface area contributed by atoms with Gasteiger partial charge in [0.15, 0.2) is 0 Å². The third-order valence-electron chi connectivity index (χ3n) is 2.25. The molecule has 0 atom stereocenters. The van der Waals surface area contributed by atoms with E-state index in [4.69, 9.17) is 0 Å². The molecule has 0 saturated heterocycles. The summed E-state index contributed by atoms with van der Waals surface area (Å²) in [5, 5.41) is 12.5. The fourth-order valence-electron chi connectivity index (χ4n) is 1.20. The quantitative estimate of drug-likeness (QED) is 0.804. The fraction of sp³-hybridized carbons (Fsp3) is 0.417. The van der Waals surface area contributed by atoms with Gasteiger partial charge >= 0.3 is 6.03 Å². The topological polar surface area (TPSA) is 52.6 Å².